The first-order valence-corrected chi connectivity index (χ1v) is 10.3. The summed E-state index contributed by atoms with van der Waals surface area (Å²) in [7, 11) is -3.76. The van der Waals surface area contributed by atoms with Gasteiger partial charge >= 0.3 is 5.97 Å². The summed E-state index contributed by atoms with van der Waals surface area (Å²) in [4.78, 5) is 18.0. The Hall–Kier alpha value is -3.52. The van der Waals surface area contributed by atoms with E-state index in [1.807, 2.05) is 30.3 Å². The quantitative estimate of drug-likeness (QED) is 0.604. The molecule has 1 aliphatic heterocycles. The molecule has 0 atom stereocenters. The third-order valence-electron chi connectivity index (χ3n) is 4.40. The summed E-state index contributed by atoms with van der Waals surface area (Å²) in [5, 5.41) is 0. The molecule has 3 aromatic rings. The summed E-state index contributed by atoms with van der Waals surface area (Å²) >= 11 is 0. The van der Waals surface area contributed by atoms with Crippen LogP contribution in [-0.4, -0.2) is 38.4 Å². The minimum absolute atomic E-state index is 0.0529. The summed E-state index contributed by atoms with van der Waals surface area (Å²) in [5.41, 5.74) is 1.67. The predicted molar refractivity (Wildman–Crippen MR) is 108 cm³/mol. The summed E-state index contributed by atoms with van der Waals surface area (Å²) in [6.07, 6.45) is 3.03. The highest BCUT2D eigenvalue weighted by Gasteiger charge is 2.32. The SMILES string of the molecule is O=C(OCCN(C1=NS(=O)(=O)c2ccccc21)c1ccccc1)c1ccncc1. The van der Waals surface area contributed by atoms with Crippen LogP contribution in [0.15, 0.2) is 88.4 Å². The lowest BCUT2D eigenvalue weighted by Gasteiger charge is -2.24. The van der Waals surface area contributed by atoms with Crippen molar-refractivity contribution in [3.8, 4) is 0 Å². The highest BCUT2D eigenvalue weighted by molar-refractivity contribution is 7.90. The van der Waals surface area contributed by atoms with Crippen LogP contribution in [0.25, 0.3) is 0 Å². The number of carbonyl (C=O) groups is 1. The van der Waals surface area contributed by atoms with Gasteiger partial charge in [-0.25, -0.2) is 4.79 Å². The molecule has 29 heavy (non-hydrogen) atoms. The lowest BCUT2D eigenvalue weighted by Crippen LogP contribution is -2.34. The van der Waals surface area contributed by atoms with Crippen molar-refractivity contribution in [2.24, 2.45) is 4.40 Å². The zero-order chi connectivity index (χ0) is 20.3. The molecule has 0 unspecified atom stereocenters. The maximum absolute atomic E-state index is 12.5. The average Bonchev–Trinajstić information content (AvgIpc) is 3.03. The van der Waals surface area contributed by atoms with Crippen molar-refractivity contribution < 1.29 is 17.9 Å². The van der Waals surface area contributed by atoms with Gasteiger partial charge in [0.05, 0.1) is 12.1 Å². The Morgan fingerprint density at radius 2 is 1.62 bits per heavy atom. The standard InChI is InChI=1S/C21H17N3O4S/c25-21(16-10-12-22-13-11-16)28-15-14-24(17-6-2-1-3-7-17)20-18-8-4-5-9-19(18)29(26,27)23-20/h1-13H,14-15H2. The number of sulfonamides is 1. The maximum atomic E-state index is 12.5. The number of rotatable bonds is 5. The van der Waals surface area contributed by atoms with Gasteiger partial charge in [0.15, 0.2) is 5.84 Å². The van der Waals surface area contributed by atoms with Gasteiger partial charge in [0.25, 0.3) is 10.0 Å². The van der Waals surface area contributed by atoms with Gasteiger partial charge in [0.1, 0.15) is 11.5 Å². The molecule has 0 bridgehead atoms. The lowest BCUT2D eigenvalue weighted by atomic mass is 10.1. The van der Waals surface area contributed by atoms with Crippen molar-refractivity contribution >= 4 is 27.5 Å². The average molecular weight is 407 g/mol. The summed E-state index contributed by atoms with van der Waals surface area (Å²) < 4.78 is 34.3. The van der Waals surface area contributed by atoms with Crippen LogP contribution in [0.1, 0.15) is 15.9 Å². The van der Waals surface area contributed by atoms with E-state index in [0.29, 0.717) is 17.0 Å². The first kappa shape index (κ1) is 18.8. The molecule has 0 fully saturated rings. The third kappa shape index (κ3) is 3.88. The second-order valence-electron chi connectivity index (χ2n) is 6.25. The van der Waals surface area contributed by atoms with Crippen LogP contribution in [0.3, 0.4) is 0 Å². The van der Waals surface area contributed by atoms with Gasteiger partial charge in [-0.15, -0.1) is 4.40 Å². The molecule has 4 rings (SSSR count). The molecule has 1 aliphatic rings. The highest BCUT2D eigenvalue weighted by atomic mass is 32.2. The van der Waals surface area contributed by atoms with Crippen molar-refractivity contribution in [2.75, 3.05) is 18.1 Å². The highest BCUT2D eigenvalue weighted by Crippen LogP contribution is 2.29. The molecule has 2 heterocycles. The molecule has 1 aromatic heterocycles. The Bertz CT molecular complexity index is 1160. The number of benzene rings is 2. The molecule has 0 amide bonds. The van der Waals surface area contributed by atoms with E-state index in [9.17, 15) is 13.2 Å². The molecule has 0 saturated carbocycles. The summed E-state index contributed by atoms with van der Waals surface area (Å²) in [6, 6.07) is 19.1. The minimum atomic E-state index is -3.76. The molecule has 8 heteroatoms. The fraction of sp³-hybridized carbons (Fsp3) is 0.0952. The first-order valence-electron chi connectivity index (χ1n) is 8.90. The molecule has 0 saturated heterocycles. The monoisotopic (exact) mass is 407 g/mol. The van der Waals surface area contributed by atoms with E-state index in [-0.39, 0.29) is 18.0 Å². The maximum Gasteiger partial charge on any atom is 0.338 e. The number of pyridine rings is 1. The van der Waals surface area contributed by atoms with E-state index in [4.69, 9.17) is 4.74 Å². The fourth-order valence-corrected chi connectivity index (χ4v) is 4.26. The van der Waals surface area contributed by atoms with E-state index in [0.717, 1.165) is 5.69 Å². The molecule has 146 valence electrons. The Kier molecular flexibility index (Phi) is 5.09. The van der Waals surface area contributed by atoms with Gasteiger partial charge in [-0.3, -0.25) is 4.98 Å². The Labute approximate surface area is 168 Å². The van der Waals surface area contributed by atoms with Crippen LogP contribution in [0.5, 0.6) is 0 Å². The fourth-order valence-electron chi connectivity index (χ4n) is 3.05. The number of carbonyl (C=O) groups excluding carboxylic acids is 1. The molecule has 2 aromatic carbocycles. The number of ether oxygens (including phenoxy) is 1. The van der Waals surface area contributed by atoms with Crippen molar-refractivity contribution in [3.05, 3.63) is 90.3 Å². The van der Waals surface area contributed by atoms with Crippen LogP contribution in [0.2, 0.25) is 0 Å². The second kappa shape index (κ2) is 7.84. The van der Waals surface area contributed by atoms with E-state index < -0.39 is 16.0 Å². The number of nitrogens with zero attached hydrogens (tertiary/aromatic N) is 3. The Morgan fingerprint density at radius 1 is 0.931 bits per heavy atom. The Balaban J connectivity index is 1.60. The van der Waals surface area contributed by atoms with Crippen molar-refractivity contribution in [2.45, 2.75) is 4.90 Å². The normalized spacial score (nSPS) is 14.0. The summed E-state index contributed by atoms with van der Waals surface area (Å²) in [5.74, 6) is -0.159. The smallest absolute Gasteiger partial charge is 0.338 e. The number of anilines is 1. The van der Waals surface area contributed by atoms with E-state index >= 15 is 0 Å². The van der Waals surface area contributed by atoms with Gasteiger partial charge in [-0.1, -0.05) is 30.3 Å². The van der Waals surface area contributed by atoms with Crippen LogP contribution in [0.4, 0.5) is 5.69 Å². The third-order valence-corrected chi connectivity index (χ3v) is 5.73. The molecular weight excluding hydrogens is 390 g/mol. The molecule has 0 aliphatic carbocycles. The number of aromatic nitrogens is 1. The number of esters is 1. The molecular formula is C21H17N3O4S. The number of para-hydroxylation sites is 1. The molecule has 7 nitrogen and oxygen atoms in total. The van der Waals surface area contributed by atoms with E-state index in [1.165, 1.54) is 18.5 Å². The largest absolute Gasteiger partial charge is 0.460 e. The number of fused-ring (bicyclic) bond motifs is 1. The lowest BCUT2D eigenvalue weighted by molar-refractivity contribution is 0.0517. The van der Waals surface area contributed by atoms with Crippen LogP contribution in [0, 0.1) is 0 Å². The summed E-state index contributed by atoms with van der Waals surface area (Å²) in [6.45, 7) is 0.292. The van der Waals surface area contributed by atoms with Gasteiger partial charge in [0.2, 0.25) is 0 Å². The van der Waals surface area contributed by atoms with Crippen LogP contribution >= 0.6 is 0 Å². The van der Waals surface area contributed by atoms with Gasteiger partial charge in [0, 0.05) is 23.6 Å². The molecule has 0 radical (unpaired) electrons. The minimum Gasteiger partial charge on any atom is -0.460 e. The Morgan fingerprint density at radius 3 is 2.38 bits per heavy atom. The number of amidine groups is 1. The van der Waals surface area contributed by atoms with Gasteiger partial charge < -0.3 is 9.64 Å². The second-order valence-corrected chi connectivity index (χ2v) is 7.82. The van der Waals surface area contributed by atoms with Crippen LogP contribution < -0.4 is 4.90 Å². The van der Waals surface area contributed by atoms with Crippen molar-refractivity contribution in [1.29, 1.82) is 0 Å². The van der Waals surface area contributed by atoms with Crippen molar-refractivity contribution in [3.63, 3.8) is 0 Å². The number of hydrogen-bond acceptors (Lipinski definition) is 6. The van der Waals surface area contributed by atoms with Gasteiger partial charge in [-0.2, -0.15) is 8.42 Å². The van der Waals surface area contributed by atoms with E-state index in [2.05, 4.69) is 9.38 Å². The van der Waals surface area contributed by atoms with Crippen molar-refractivity contribution in [1.82, 2.24) is 4.98 Å². The predicted octanol–water partition coefficient (Wildman–Crippen LogP) is 2.89. The zero-order valence-corrected chi connectivity index (χ0v) is 16.1. The number of hydrogen-bond donors (Lipinski definition) is 0. The first-order chi connectivity index (χ1) is 14.1. The van der Waals surface area contributed by atoms with Gasteiger partial charge in [-0.05, 0) is 36.4 Å². The zero-order valence-electron chi connectivity index (χ0n) is 15.3. The molecule has 0 N–H and O–H groups in total. The topological polar surface area (TPSA) is 88.9 Å². The molecule has 0 spiro atoms. The van der Waals surface area contributed by atoms with Crippen LogP contribution in [-0.2, 0) is 14.8 Å². The van der Waals surface area contributed by atoms with E-state index in [1.54, 1.807) is 35.2 Å².